The van der Waals surface area contributed by atoms with Crippen molar-refractivity contribution in [2.75, 3.05) is 0 Å². The van der Waals surface area contributed by atoms with E-state index in [-0.39, 0.29) is 0 Å². The third-order valence-corrected chi connectivity index (χ3v) is 2.35. The number of aliphatic hydroxyl groups is 2. The molecule has 2 atom stereocenters. The van der Waals surface area contributed by atoms with Gasteiger partial charge < -0.3 is 10.2 Å². The maximum absolute atomic E-state index is 12.8. The van der Waals surface area contributed by atoms with Crippen LogP contribution in [0.3, 0.4) is 0 Å². The van der Waals surface area contributed by atoms with Gasteiger partial charge in [-0.2, -0.15) is 0 Å². The van der Waals surface area contributed by atoms with Gasteiger partial charge in [0, 0.05) is 6.42 Å². The molecule has 0 radical (unpaired) electrons. The van der Waals surface area contributed by atoms with Crippen LogP contribution in [0, 0.1) is 0 Å². The van der Waals surface area contributed by atoms with E-state index in [0.717, 1.165) is 0 Å². The molecule has 0 aromatic heterocycles. The number of hydrogen-bond donors (Lipinski definition) is 2. The highest BCUT2D eigenvalue weighted by molar-refractivity contribution is 5.23. The lowest BCUT2D eigenvalue weighted by Gasteiger charge is -2.33. The molecule has 0 unspecified atom stereocenters. The average Bonchev–Trinajstić information content (AvgIpc) is 1.97. The summed E-state index contributed by atoms with van der Waals surface area (Å²) in [4.78, 5) is 0. The average molecular weight is 178 g/mol. The van der Waals surface area contributed by atoms with Gasteiger partial charge in [-0.05, 0) is 19.4 Å². The lowest BCUT2D eigenvalue weighted by Crippen LogP contribution is -2.46. The van der Waals surface area contributed by atoms with Crippen LogP contribution < -0.4 is 0 Å². The Hall–Kier alpha value is -0.480. The van der Waals surface area contributed by atoms with E-state index in [4.69, 9.17) is 10.2 Å². The highest BCUT2D eigenvalue weighted by Gasteiger charge is 2.46. The van der Waals surface area contributed by atoms with Crippen LogP contribution in [-0.4, -0.2) is 28.3 Å². The third-order valence-electron chi connectivity index (χ3n) is 2.35. The van der Waals surface area contributed by atoms with E-state index < -0.39 is 24.6 Å². The minimum atomic E-state index is -3.19. The van der Waals surface area contributed by atoms with Crippen LogP contribution in [0.2, 0.25) is 0 Å². The van der Waals surface area contributed by atoms with Gasteiger partial charge in [0.25, 0.3) is 5.92 Å². The summed E-state index contributed by atoms with van der Waals surface area (Å²) in [6.07, 6.45) is -3.84. The number of hydrogen-bond acceptors (Lipinski definition) is 2. The summed E-state index contributed by atoms with van der Waals surface area (Å²) < 4.78 is 25.7. The lowest BCUT2D eigenvalue weighted by atomic mass is 9.86. The smallest absolute Gasteiger partial charge is 0.279 e. The van der Waals surface area contributed by atoms with E-state index in [1.165, 1.54) is 0 Å². The summed E-state index contributed by atoms with van der Waals surface area (Å²) in [7, 11) is 0. The molecule has 0 amide bonds. The largest absolute Gasteiger partial charge is 0.386 e. The fourth-order valence-electron chi connectivity index (χ4n) is 1.32. The molecule has 1 aliphatic rings. The van der Waals surface area contributed by atoms with Crippen molar-refractivity contribution in [3.63, 3.8) is 0 Å². The van der Waals surface area contributed by atoms with Gasteiger partial charge in [-0.3, -0.25) is 0 Å². The van der Waals surface area contributed by atoms with E-state index in [9.17, 15) is 8.78 Å². The zero-order valence-corrected chi connectivity index (χ0v) is 7.01. The minimum absolute atomic E-state index is 0.452. The molecular weight excluding hydrogens is 166 g/mol. The standard InChI is InChI=1S/C8H12F2O2/c1-4-3-8(9,10)7(12)6(11)5(4)2/h6-7,11-12H,3H2,1-2H3/t6-,7-/m0/s1. The molecule has 0 heterocycles. The molecule has 0 aromatic carbocycles. The topological polar surface area (TPSA) is 40.5 Å². The number of rotatable bonds is 0. The molecule has 2 nitrogen and oxygen atoms in total. The minimum Gasteiger partial charge on any atom is -0.386 e. The first-order valence-corrected chi connectivity index (χ1v) is 3.76. The fraction of sp³-hybridized carbons (Fsp3) is 0.750. The summed E-state index contributed by atoms with van der Waals surface area (Å²) in [5.74, 6) is -3.19. The Balaban J connectivity index is 2.99. The summed E-state index contributed by atoms with van der Waals surface area (Å²) >= 11 is 0. The van der Waals surface area contributed by atoms with E-state index in [1.54, 1.807) is 13.8 Å². The van der Waals surface area contributed by atoms with Gasteiger partial charge in [0.05, 0.1) is 0 Å². The first kappa shape index (κ1) is 9.61. The quantitative estimate of drug-likeness (QED) is 0.545. The van der Waals surface area contributed by atoms with Crippen LogP contribution in [0.25, 0.3) is 0 Å². The van der Waals surface area contributed by atoms with Crippen molar-refractivity contribution >= 4 is 0 Å². The van der Waals surface area contributed by atoms with Gasteiger partial charge in [-0.25, -0.2) is 8.78 Å². The summed E-state index contributed by atoms with van der Waals surface area (Å²) in [6, 6.07) is 0. The van der Waals surface area contributed by atoms with Gasteiger partial charge in [0.15, 0.2) is 0 Å². The van der Waals surface area contributed by atoms with Crippen LogP contribution in [0.4, 0.5) is 8.78 Å². The summed E-state index contributed by atoms with van der Waals surface area (Å²) in [5, 5.41) is 18.1. The molecule has 4 heteroatoms. The van der Waals surface area contributed by atoms with Crippen molar-refractivity contribution in [2.24, 2.45) is 0 Å². The first-order chi connectivity index (χ1) is 5.36. The van der Waals surface area contributed by atoms with Gasteiger partial charge >= 0.3 is 0 Å². The Morgan fingerprint density at radius 3 is 2.33 bits per heavy atom. The zero-order chi connectivity index (χ0) is 9.52. The predicted octanol–water partition coefficient (Wildman–Crippen LogP) is 1.08. The Morgan fingerprint density at radius 1 is 1.33 bits per heavy atom. The molecule has 2 N–H and O–H groups in total. The van der Waals surface area contributed by atoms with E-state index in [1.807, 2.05) is 0 Å². The number of aliphatic hydroxyl groups excluding tert-OH is 2. The third kappa shape index (κ3) is 1.36. The number of allylic oxidation sites excluding steroid dienone is 1. The van der Waals surface area contributed by atoms with E-state index >= 15 is 0 Å². The van der Waals surface area contributed by atoms with Crippen LogP contribution in [0.15, 0.2) is 11.1 Å². The molecule has 70 valence electrons. The molecule has 1 rings (SSSR count). The van der Waals surface area contributed by atoms with Crippen molar-refractivity contribution in [2.45, 2.75) is 38.4 Å². The zero-order valence-electron chi connectivity index (χ0n) is 7.01. The van der Waals surface area contributed by atoms with Crippen molar-refractivity contribution in [3.8, 4) is 0 Å². The predicted molar refractivity (Wildman–Crippen MR) is 40.0 cm³/mol. The Labute approximate surface area is 69.5 Å². The lowest BCUT2D eigenvalue weighted by molar-refractivity contribution is -0.149. The monoisotopic (exact) mass is 178 g/mol. The Bertz CT molecular complexity index is 223. The van der Waals surface area contributed by atoms with Crippen LogP contribution >= 0.6 is 0 Å². The molecule has 0 fully saturated rings. The van der Waals surface area contributed by atoms with Crippen LogP contribution in [-0.2, 0) is 0 Å². The Kier molecular flexibility index (Phi) is 2.23. The molecule has 12 heavy (non-hydrogen) atoms. The SMILES string of the molecule is CC1=C(C)[C@H](O)[C@H](O)C(F)(F)C1. The van der Waals surface area contributed by atoms with Crippen LogP contribution in [0.5, 0.6) is 0 Å². The highest BCUT2D eigenvalue weighted by Crippen LogP contribution is 2.36. The first-order valence-electron chi connectivity index (χ1n) is 3.76. The van der Waals surface area contributed by atoms with E-state index in [0.29, 0.717) is 11.1 Å². The van der Waals surface area contributed by atoms with Gasteiger partial charge in [-0.1, -0.05) is 5.57 Å². The molecule has 0 aromatic rings. The number of halogens is 2. The molecule has 0 spiro atoms. The number of alkyl halides is 2. The van der Waals surface area contributed by atoms with Gasteiger partial charge in [0.2, 0.25) is 0 Å². The second-order valence-electron chi connectivity index (χ2n) is 3.29. The molecule has 0 bridgehead atoms. The van der Waals surface area contributed by atoms with E-state index in [2.05, 4.69) is 0 Å². The molecule has 1 aliphatic carbocycles. The molecule has 0 saturated heterocycles. The van der Waals surface area contributed by atoms with Crippen molar-refractivity contribution in [1.82, 2.24) is 0 Å². The highest BCUT2D eigenvalue weighted by atomic mass is 19.3. The van der Waals surface area contributed by atoms with Crippen LogP contribution in [0.1, 0.15) is 20.3 Å². The van der Waals surface area contributed by atoms with Crippen molar-refractivity contribution in [1.29, 1.82) is 0 Å². The molecular formula is C8H12F2O2. The fourth-order valence-corrected chi connectivity index (χ4v) is 1.32. The summed E-state index contributed by atoms with van der Waals surface area (Å²) in [6.45, 7) is 3.09. The van der Waals surface area contributed by atoms with Gasteiger partial charge in [0.1, 0.15) is 12.2 Å². The normalized spacial score (nSPS) is 35.5. The van der Waals surface area contributed by atoms with Crippen molar-refractivity contribution < 1.29 is 19.0 Å². The maximum Gasteiger partial charge on any atom is 0.279 e. The Morgan fingerprint density at radius 2 is 1.83 bits per heavy atom. The second-order valence-corrected chi connectivity index (χ2v) is 3.29. The molecule has 0 aliphatic heterocycles. The maximum atomic E-state index is 12.8. The van der Waals surface area contributed by atoms with Crippen molar-refractivity contribution in [3.05, 3.63) is 11.1 Å². The second kappa shape index (κ2) is 2.78. The van der Waals surface area contributed by atoms with Gasteiger partial charge in [-0.15, -0.1) is 0 Å². The summed E-state index contributed by atoms with van der Waals surface area (Å²) in [5.41, 5.74) is 0.909. The molecule has 0 saturated carbocycles.